The molecule has 3 aromatic rings. The van der Waals surface area contributed by atoms with Gasteiger partial charge in [0.15, 0.2) is 5.69 Å². The summed E-state index contributed by atoms with van der Waals surface area (Å²) in [5, 5.41) is 4.56. The lowest BCUT2D eigenvalue weighted by molar-refractivity contribution is 0.0657. The molecule has 150 valence electrons. The molecular weight excluding hydrogens is 372 g/mol. The van der Waals surface area contributed by atoms with Gasteiger partial charge in [0.25, 0.3) is 5.91 Å². The van der Waals surface area contributed by atoms with E-state index in [2.05, 4.69) is 25.0 Å². The van der Waals surface area contributed by atoms with Crippen molar-refractivity contribution >= 4 is 11.7 Å². The zero-order valence-corrected chi connectivity index (χ0v) is 16.3. The fourth-order valence-electron chi connectivity index (χ4n) is 3.13. The highest BCUT2D eigenvalue weighted by Gasteiger charge is 2.25. The maximum atomic E-state index is 13.0. The zero-order chi connectivity index (χ0) is 20.4. The van der Waals surface area contributed by atoms with Crippen LogP contribution in [0.4, 0.5) is 5.82 Å². The number of aromatic nitrogens is 5. The van der Waals surface area contributed by atoms with Crippen LogP contribution in [0.15, 0.2) is 36.8 Å². The molecule has 1 amide bonds. The van der Waals surface area contributed by atoms with Crippen molar-refractivity contribution in [3.63, 3.8) is 0 Å². The molecule has 0 atom stereocenters. The number of carbonyl (C=O) groups excluding carboxylic acids is 1. The van der Waals surface area contributed by atoms with E-state index in [1.165, 1.54) is 6.20 Å². The van der Waals surface area contributed by atoms with Gasteiger partial charge in [-0.3, -0.25) is 4.79 Å². The lowest BCUT2D eigenvalue weighted by Gasteiger charge is -2.31. The van der Waals surface area contributed by atoms with Crippen LogP contribution in [0.5, 0.6) is 5.88 Å². The fraction of sp³-hybridized carbons (Fsp3) is 0.316. The predicted molar refractivity (Wildman–Crippen MR) is 107 cm³/mol. The van der Waals surface area contributed by atoms with E-state index < -0.39 is 0 Å². The van der Waals surface area contributed by atoms with Crippen LogP contribution in [0.1, 0.15) is 10.5 Å². The highest BCUT2D eigenvalue weighted by atomic mass is 16.5. The Kier molecular flexibility index (Phi) is 5.09. The maximum Gasteiger partial charge on any atom is 0.274 e. The summed E-state index contributed by atoms with van der Waals surface area (Å²) in [5.41, 5.74) is 7.87. The zero-order valence-electron chi connectivity index (χ0n) is 16.3. The van der Waals surface area contributed by atoms with Crippen LogP contribution in [-0.4, -0.2) is 80.8 Å². The Labute approximate surface area is 167 Å². The van der Waals surface area contributed by atoms with Crippen molar-refractivity contribution in [2.24, 2.45) is 0 Å². The van der Waals surface area contributed by atoms with E-state index >= 15 is 0 Å². The number of hydrogen-bond acceptors (Lipinski definition) is 8. The van der Waals surface area contributed by atoms with Crippen LogP contribution in [-0.2, 0) is 0 Å². The van der Waals surface area contributed by atoms with Gasteiger partial charge < -0.3 is 20.3 Å². The second-order valence-electron chi connectivity index (χ2n) is 6.81. The molecule has 0 unspecified atom stereocenters. The third kappa shape index (κ3) is 3.87. The molecule has 1 saturated heterocycles. The van der Waals surface area contributed by atoms with Gasteiger partial charge in [0, 0.05) is 32.2 Å². The Bertz CT molecular complexity index is 992. The number of anilines is 1. The molecule has 0 spiro atoms. The molecule has 0 aromatic carbocycles. The smallest absolute Gasteiger partial charge is 0.274 e. The number of amides is 1. The summed E-state index contributed by atoms with van der Waals surface area (Å²) >= 11 is 0. The highest BCUT2D eigenvalue weighted by Crippen LogP contribution is 2.23. The molecule has 29 heavy (non-hydrogen) atoms. The quantitative estimate of drug-likeness (QED) is 0.688. The van der Waals surface area contributed by atoms with Crippen LogP contribution in [0, 0.1) is 0 Å². The van der Waals surface area contributed by atoms with Crippen molar-refractivity contribution in [3.05, 3.63) is 42.5 Å². The predicted octanol–water partition coefficient (Wildman–Crippen LogP) is 0.703. The molecular formula is C19H22N8O2. The monoisotopic (exact) mass is 394 g/mol. The Morgan fingerprint density at radius 2 is 1.86 bits per heavy atom. The fourth-order valence-corrected chi connectivity index (χ4v) is 3.13. The van der Waals surface area contributed by atoms with Crippen molar-refractivity contribution in [1.29, 1.82) is 0 Å². The third-order valence-electron chi connectivity index (χ3n) is 4.83. The second kappa shape index (κ2) is 7.84. The highest BCUT2D eigenvalue weighted by molar-refractivity contribution is 5.93. The first-order chi connectivity index (χ1) is 14.0. The minimum Gasteiger partial charge on any atom is -0.481 e. The number of pyridine rings is 1. The van der Waals surface area contributed by atoms with Crippen LogP contribution in [0.2, 0.25) is 0 Å². The van der Waals surface area contributed by atoms with Gasteiger partial charge in [-0.25, -0.2) is 19.6 Å². The summed E-state index contributed by atoms with van der Waals surface area (Å²) < 4.78 is 6.76. The summed E-state index contributed by atoms with van der Waals surface area (Å²) in [7, 11) is 3.60. The van der Waals surface area contributed by atoms with E-state index in [-0.39, 0.29) is 5.91 Å². The van der Waals surface area contributed by atoms with Crippen LogP contribution in [0.25, 0.3) is 17.1 Å². The first-order valence-electron chi connectivity index (χ1n) is 9.21. The standard InChI is InChI=1S/C19H22N8O2/c1-25-5-7-26(8-6-25)19(28)14-9-16(15-11-22-17(20)12-21-15)27(24-14)13-3-4-18(29-2)23-10-13/h3-4,9-12H,5-8H2,1-2H3,(H2,20,22). The molecule has 10 heteroatoms. The van der Waals surface area contributed by atoms with Gasteiger partial charge >= 0.3 is 0 Å². The van der Waals surface area contributed by atoms with Crippen LogP contribution >= 0.6 is 0 Å². The summed E-state index contributed by atoms with van der Waals surface area (Å²) in [6.45, 7) is 3.02. The minimum atomic E-state index is -0.108. The normalized spacial score (nSPS) is 14.8. The maximum absolute atomic E-state index is 13.0. The first-order valence-corrected chi connectivity index (χ1v) is 9.21. The molecule has 4 rings (SSSR count). The Balaban J connectivity index is 1.73. The van der Waals surface area contributed by atoms with Gasteiger partial charge in [0.1, 0.15) is 11.5 Å². The first kappa shape index (κ1) is 18.8. The van der Waals surface area contributed by atoms with Crippen molar-refractivity contribution < 1.29 is 9.53 Å². The molecule has 10 nitrogen and oxygen atoms in total. The summed E-state index contributed by atoms with van der Waals surface area (Å²) in [6.07, 6.45) is 4.66. The van der Waals surface area contributed by atoms with E-state index in [1.807, 2.05) is 18.0 Å². The number of likely N-dealkylation sites (N-methyl/N-ethyl adjacent to an activating group) is 1. The average Bonchev–Trinajstić information content (AvgIpc) is 3.20. The number of nitrogens with two attached hydrogens (primary N) is 1. The van der Waals surface area contributed by atoms with Gasteiger partial charge in [-0.2, -0.15) is 5.10 Å². The van der Waals surface area contributed by atoms with Crippen LogP contribution in [0.3, 0.4) is 0 Å². The lowest BCUT2D eigenvalue weighted by atomic mass is 10.2. The van der Waals surface area contributed by atoms with Crippen molar-refractivity contribution in [3.8, 4) is 23.0 Å². The minimum absolute atomic E-state index is 0.108. The summed E-state index contributed by atoms with van der Waals surface area (Å²) in [4.78, 5) is 29.7. The van der Waals surface area contributed by atoms with E-state index in [4.69, 9.17) is 10.5 Å². The number of methoxy groups -OCH3 is 1. The lowest BCUT2D eigenvalue weighted by Crippen LogP contribution is -2.47. The van der Waals surface area contributed by atoms with Gasteiger partial charge in [-0.1, -0.05) is 0 Å². The van der Waals surface area contributed by atoms with Gasteiger partial charge in [0.05, 0.1) is 37.1 Å². The number of nitrogen functional groups attached to an aromatic ring is 1. The molecule has 0 bridgehead atoms. The number of nitrogens with zero attached hydrogens (tertiary/aromatic N) is 7. The number of ether oxygens (including phenoxy) is 1. The molecule has 0 saturated carbocycles. The van der Waals surface area contributed by atoms with Crippen molar-refractivity contribution in [2.75, 3.05) is 46.1 Å². The number of piperazine rings is 1. The van der Waals surface area contributed by atoms with E-state index in [0.717, 1.165) is 13.1 Å². The average molecular weight is 394 g/mol. The van der Waals surface area contributed by atoms with E-state index in [9.17, 15) is 4.79 Å². The van der Waals surface area contributed by atoms with Gasteiger partial charge in [0.2, 0.25) is 5.88 Å². The summed E-state index contributed by atoms with van der Waals surface area (Å²) in [6, 6.07) is 5.28. The largest absolute Gasteiger partial charge is 0.481 e. The molecule has 0 aliphatic carbocycles. The molecule has 4 heterocycles. The molecule has 1 fully saturated rings. The van der Waals surface area contributed by atoms with Gasteiger partial charge in [-0.15, -0.1) is 0 Å². The molecule has 1 aliphatic heterocycles. The molecule has 2 N–H and O–H groups in total. The van der Waals surface area contributed by atoms with Gasteiger partial charge in [-0.05, 0) is 19.2 Å². The summed E-state index contributed by atoms with van der Waals surface area (Å²) in [5.74, 6) is 0.700. The second-order valence-corrected chi connectivity index (χ2v) is 6.81. The Morgan fingerprint density at radius 1 is 1.07 bits per heavy atom. The molecule has 0 radical (unpaired) electrons. The third-order valence-corrected chi connectivity index (χ3v) is 4.83. The Hall–Kier alpha value is -3.53. The SMILES string of the molecule is COc1ccc(-n2nc(C(=O)N3CCN(C)CC3)cc2-c2cnc(N)cn2)cn1. The number of rotatable bonds is 4. The van der Waals surface area contributed by atoms with Crippen molar-refractivity contribution in [2.45, 2.75) is 0 Å². The molecule has 1 aliphatic rings. The Morgan fingerprint density at radius 3 is 2.48 bits per heavy atom. The van der Waals surface area contributed by atoms with E-state index in [1.54, 1.807) is 36.3 Å². The number of carbonyl (C=O) groups is 1. The van der Waals surface area contributed by atoms with Crippen molar-refractivity contribution in [1.82, 2.24) is 34.5 Å². The number of hydrogen-bond donors (Lipinski definition) is 1. The van der Waals surface area contributed by atoms with Crippen LogP contribution < -0.4 is 10.5 Å². The molecule has 3 aromatic heterocycles. The van der Waals surface area contributed by atoms with E-state index in [0.29, 0.717) is 47.6 Å². The topological polar surface area (TPSA) is 115 Å².